The quantitative estimate of drug-likeness (QED) is 0.849. The SMILES string of the molecule is CN(c1ccccc1NC(=O)c1cn(C2CCNCC2)nn1)C1CCCC1. The number of hydrogen-bond donors (Lipinski definition) is 2. The Labute approximate surface area is 160 Å². The van der Waals surface area contributed by atoms with E-state index in [0.29, 0.717) is 17.8 Å². The molecule has 0 radical (unpaired) electrons. The van der Waals surface area contributed by atoms with Crippen molar-refractivity contribution in [2.45, 2.75) is 50.6 Å². The molecule has 1 aromatic heterocycles. The third-order valence-electron chi connectivity index (χ3n) is 5.83. The van der Waals surface area contributed by atoms with Crippen LogP contribution in [0.25, 0.3) is 0 Å². The molecule has 2 aromatic rings. The summed E-state index contributed by atoms with van der Waals surface area (Å²) >= 11 is 0. The number of nitrogens with one attached hydrogen (secondary N) is 2. The first-order chi connectivity index (χ1) is 13.2. The van der Waals surface area contributed by atoms with Crippen molar-refractivity contribution in [3.05, 3.63) is 36.2 Å². The molecular formula is C20H28N6O. The van der Waals surface area contributed by atoms with Crippen LogP contribution >= 0.6 is 0 Å². The van der Waals surface area contributed by atoms with Gasteiger partial charge in [-0.3, -0.25) is 4.79 Å². The molecule has 4 rings (SSSR count). The maximum atomic E-state index is 12.7. The van der Waals surface area contributed by atoms with Crippen LogP contribution in [0.15, 0.2) is 30.5 Å². The molecule has 2 N–H and O–H groups in total. The zero-order valence-electron chi connectivity index (χ0n) is 15.9. The van der Waals surface area contributed by atoms with E-state index >= 15 is 0 Å². The lowest BCUT2D eigenvalue weighted by atomic mass is 10.1. The number of carbonyl (C=O) groups excluding carboxylic acids is 1. The molecule has 1 amide bonds. The van der Waals surface area contributed by atoms with Crippen molar-refractivity contribution in [2.24, 2.45) is 0 Å². The van der Waals surface area contributed by atoms with Crippen molar-refractivity contribution in [1.82, 2.24) is 20.3 Å². The number of anilines is 2. The molecule has 0 bridgehead atoms. The Bertz CT molecular complexity index is 776. The number of benzene rings is 1. The number of aromatic nitrogens is 3. The summed E-state index contributed by atoms with van der Waals surface area (Å²) in [7, 11) is 2.12. The maximum Gasteiger partial charge on any atom is 0.277 e. The highest BCUT2D eigenvalue weighted by molar-refractivity contribution is 6.04. The Balaban J connectivity index is 1.47. The highest BCUT2D eigenvalue weighted by atomic mass is 16.2. The summed E-state index contributed by atoms with van der Waals surface area (Å²) in [5.74, 6) is -0.206. The van der Waals surface area contributed by atoms with Gasteiger partial charge in [0.15, 0.2) is 5.69 Å². The van der Waals surface area contributed by atoms with E-state index in [2.05, 4.69) is 39.0 Å². The minimum absolute atomic E-state index is 0.206. The Kier molecular flexibility index (Phi) is 5.38. The summed E-state index contributed by atoms with van der Waals surface area (Å²) in [5.41, 5.74) is 2.25. The molecule has 1 aliphatic carbocycles. The molecule has 2 fully saturated rings. The van der Waals surface area contributed by atoms with Crippen LogP contribution in [-0.2, 0) is 0 Å². The summed E-state index contributed by atoms with van der Waals surface area (Å²) < 4.78 is 1.84. The van der Waals surface area contributed by atoms with Crippen LogP contribution in [0.5, 0.6) is 0 Å². The lowest BCUT2D eigenvalue weighted by Gasteiger charge is -2.28. The summed E-state index contributed by atoms with van der Waals surface area (Å²) in [6.07, 6.45) is 8.78. The van der Waals surface area contributed by atoms with Crippen LogP contribution in [0, 0.1) is 0 Å². The summed E-state index contributed by atoms with van der Waals surface area (Å²) in [5, 5.41) is 14.7. The summed E-state index contributed by atoms with van der Waals surface area (Å²) in [6.45, 7) is 1.96. The Morgan fingerprint density at radius 1 is 1.19 bits per heavy atom. The maximum absolute atomic E-state index is 12.7. The third kappa shape index (κ3) is 3.98. The van der Waals surface area contributed by atoms with Gasteiger partial charge in [0.25, 0.3) is 5.91 Å². The molecule has 2 heterocycles. The van der Waals surface area contributed by atoms with E-state index in [-0.39, 0.29) is 5.91 Å². The lowest BCUT2D eigenvalue weighted by molar-refractivity contribution is 0.102. The molecule has 1 aliphatic heterocycles. The molecular weight excluding hydrogens is 340 g/mol. The monoisotopic (exact) mass is 368 g/mol. The van der Waals surface area contributed by atoms with Gasteiger partial charge in [-0.1, -0.05) is 30.2 Å². The first kappa shape index (κ1) is 18.0. The van der Waals surface area contributed by atoms with Crippen LogP contribution < -0.4 is 15.5 Å². The van der Waals surface area contributed by atoms with Crippen LogP contribution in [0.2, 0.25) is 0 Å². The molecule has 1 saturated heterocycles. The lowest BCUT2D eigenvalue weighted by Crippen LogP contribution is -2.30. The predicted octanol–water partition coefficient (Wildman–Crippen LogP) is 2.83. The van der Waals surface area contributed by atoms with E-state index in [1.807, 2.05) is 22.9 Å². The van der Waals surface area contributed by atoms with Crippen molar-refractivity contribution < 1.29 is 4.79 Å². The Hall–Kier alpha value is -2.41. The molecule has 0 unspecified atom stereocenters. The van der Waals surface area contributed by atoms with Crippen molar-refractivity contribution in [2.75, 3.05) is 30.4 Å². The Morgan fingerprint density at radius 3 is 2.70 bits per heavy atom. The van der Waals surface area contributed by atoms with Crippen LogP contribution in [0.3, 0.4) is 0 Å². The smallest absolute Gasteiger partial charge is 0.277 e. The van der Waals surface area contributed by atoms with E-state index in [1.165, 1.54) is 25.7 Å². The van der Waals surface area contributed by atoms with Crippen molar-refractivity contribution in [3.8, 4) is 0 Å². The van der Waals surface area contributed by atoms with Crippen molar-refractivity contribution >= 4 is 17.3 Å². The third-order valence-corrected chi connectivity index (χ3v) is 5.83. The zero-order valence-corrected chi connectivity index (χ0v) is 15.9. The number of nitrogens with zero attached hydrogens (tertiary/aromatic N) is 4. The number of piperidine rings is 1. The zero-order chi connectivity index (χ0) is 18.6. The second-order valence-electron chi connectivity index (χ2n) is 7.59. The average molecular weight is 368 g/mol. The van der Waals surface area contributed by atoms with E-state index in [0.717, 1.165) is 37.3 Å². The molecule has 0 spiro atoms. The number of rotatable bonds is 5. The fraction of sp³-hybridized carbons (Fsp3) is 0.550. The fourth-order valence-electron chi connectivity index (χ4n) is 4.19. The molecule has 7 heteroatoms. The van der Waals surface area contributed by atoms with Gasteiger partial charge in [0.1, 0.15) is 0 Å². The molecule has 27 heavy (non-hydrogen) atoms. The van der Waals surface area contributed by atoms with E-state index in [4.69, 9.17) is 0 Å². The van der Waals surface area contributed by atoms with Gasteiger partial charge in [0, 0.05) is 13.1 Å². The second kappa shape index (κ2) is 8.08. The van der Waals surface area contributed by atoms with Gasteiger partial charge in [-0.2, -0.15) is 0 Å². The number of carbonyl (C=O) groups is 1. The number of hydrogen-bond acceptors (Lipinski definition) is 5. The Morgan fingerprint density at radius 2 is 1.93 bits per heavy atom. The van der Waals surface area contributed by atoms with Gasteiger partial charge in [0.2, 0.25) is 0 Å². The van der Waals surface area contributed by atoms with Gasteiger partial charge in [-0.15, -0.1) is 5.10 Å². The van der Waals surface area contributed by atoms with E-state index in [9.17, 15) is 4.79 Å². The van der Waals surface area contributed by atoms with E-state index in [1.54, 1.807) is 6.20 Å². The van der Waals surface area contributed by atoms with Gasteiger partial charge < -0.3 is 15.5 Å². The first-order valence-electron chi connectivity index (χ1n) is 9.98. The van der Waals surface area contributed by atoms with E-state index < -0.39 is 0 Å². The molecule has 0 atom stereocenters. The van der Waals surface area contributed by atoms with Crippen molar-refractivity contribution in [1.29, 1.82) is 0 Å². The van der Waals surface area contributed by atoms with Gasteiger partial charge in [-0.25, -0.2) is 4.68 Å². The van der Waals surface area contributed by atoms with Crippen molar-refractivity contribution in [3.63, 3.8) is 0 Å². The fourth-order valence-corrected chi connectivity index (χ4v) is 4.19. The van der Waals surface area contributed by atoms with Gasteiger partial charge in [-0.05, 0) is 50.9 Å². The summed E-state index contributed by atoms with van der Waals surface area (Å²) in [4.78, 5) is 15.0. The van der Waals surface area contributed by atoms with Gasteiger partial charge >= 0.3 is 0 Å². The number of para-hydroxylation sites is 2. The molecule has 7 nitrogen and oxygen atoms in total. The highest BCUT2D eigenvalue weighted by Crippen LogP contribution is 2.32. The van der Waals surface area contributed by atoms with Crippen LogP contribution in [-0.4, -0.2) is 47.1 Å². The van der Waals surface area contributed by atoms with Gasteiger partial charge in [0.05, 0.1) is 23.6 Å². The molecule has 2 aliphatic rings. The van der Waals surface area contributed by atoms with Crippen LogP contribution in [0.1, 0.15) is 55.1 Å². The minimum Gasteiger partial charge on any atom is -0.370 e. The summed E-state index contributed by atoms with van der Waals surface area (Å²) in [6, 6.07) is 8.86. The molecule has 1 saturated carbocycles. The minimum atomic E-state index is -0.206. The predicted molar refractivity (Wildman–Crippen MR) is 106 cm³/mol. The number of amides is 1. The average Bonchev–Trinajstić information content (AvgIpc) is 3.41. The normalized spacial score (nSPS) is 18.6. The highest BCUT2D eigenvalue weighted by Gasteiger charge is 2.23. The first-order valence-corrected chi connectivity index (χ1v) is 9.98. The molecule has 1 aromatic carbocycles. The molecule has 144 valence electrons. The van der Waals surface area contributed by atoms with Crippen LogP contribution in [0.4, 0.5) is 11.4 Å². The second-order valence-corrected chi connectivity index (χ2v) is 7.59. The standard InChI is InChI=1S/C20H28N6O/c1-25(15-6-2-3-7-15)19-9-5-4-8-17(19)22-20(27)18-14-26(24-23-18)16-10-12-21-13-11-16/h4-5,8-9,14-16,21H,2-3,6-7,10-13H2,1H3,(H,22,27). The topological polar surface area (TPSA) is 75.1 Å². The largest absolute Gasteiger partial charge is 0.370 e.